The number of hydrogen-bond donors (Lipinski definition) is 2. The van der Waals surface area contributed by atoms with Gasteiger partial charge in [0.05, 0.1) is 0 Å². The molecule has 0 unspecified atom stereocenters. The van der Waals surface area contributed by atoms with Crippen LogP contribution in [0.25, 0.3) is 0 Å². The molecule has 0 aliphatic heterocycles. The van der Waals surface area contributed by atoms with E-state index in [9.17, 15) is 0 Å². The van der Waals surface area contributed by atoms with Crippen LogP contribution in [0.5, 0.6) is 0 Å². The van der Waals surface area contributed by atoms with E-state index >= 15 is 0 Å². The van der Waals surface area contributed by atoms with Gasteiger partial charge in [-0.1, -0.05) is 26.7 Å². The zero-order valence-corrected chi connectivity index (χ0v) is 5.94. The van der Waals surface area contributed by atoms with Crippen LogP contribution in [0.2, 0.25) is 0 Å². The van der Waals surface area contributed by atoms with E-state index < -0.39 is 11.4 Å². The van der Waals surface area contributed by atoms with Crippen molar-refractivity contribution in [3.63, 3.8) is 0 Å². The molecule has 0 aromatic rings. The third-order valence-corrected chi connectivity index (χ3v) is 0.500. The molecule has 0 saturated carbocycles. The van der Waals surface area contributed by atoms with Crippen molar-refractivity contribution in [1.29, 1.82) is 0 Å². The van der Waals surface area contributed by atoms with Gasteiger partial charge in [0.2, 0.25) is 0 Å². The smallest absolute Gasteiger partial charge is 0.284 e. The number of hydrogen-bond acceptors (Lipinski definition) is 1. The SMILES string of the molecule is CCCC.O=S(O)O. The van der Waals surface area contributed by atoms with E-state index in [1.54, 1.807) is 0 Å². The lowest BCUT2D eigenvalue weighted by Crippen LogP contribution is -1.74. The standard InChI is InChI=1S/C4H10.H2O3S/c1-3-4-2;1-4(2)3/h3-4H2,1-2H3;(H2,1,2,3). The van der Waals surface area contributed by atoms with Crippen molar-refractivity contribution in [2.45, 2.75) is 26.7 Å². The molecule has 0 rings (SSSR count). The van der Waals surface area contributed by atoms with Gasteiger partial charge in [-0.2, -0.15) is 4.21 Å². The van der Waals surface area contributed by atoms with Gasteiger partial charge in [-0.25, -0.2) is 0 Å². The fourth-order valence-electron chi connectivity index (χ4n) is 0. The van der Waals surface area contributed by atoms with E-state index in [1.807, 2.05) is 0 Å². The summed E-state index contributed by atoms with van der Waals surface area (Å²) in [6.07, 6.45) is 2.64. The summed E-state index contributed by atoms with van der Waals surface area (Å²) < 4.78 is 22.8. The molecule has 3 nitrogen and oxygen atoms in total. The minimum Gasteiger partial charge on any atom is -0.284 e. The predicted molar refractivity (Wildman–Crippen MR) is 34.0 cm³/mol. The molecule has 0 aromatic carbocycles. The molecule has 0 aliphatic rings. The molecule has 0 spiro atoms. The Hall–Kier alpha value is 0.0700. The third kappa shape index (κ3) is 136. The molecule has 0 aromatic heterocycles. The molecule has 0 atom stereocenters. The maximum atomic E-state index is 8.67. The molecular formula is C4H12O3S. The Morgan fingerprint density at radius 2 is 1.38 bits per heavy atom. The molecule has 0 amide bonds. The van der Waals surface area contributed by atoms with Gasteiger partial charge in [0.1, 0.15) is 0 Å². The summed E-state index contributed by atoms with van der Waals surface area (Å²) in [5, 5.41) is 0. The minimum absolute atomic E-state index is 1.32. The molecule has 0 heterocycles. The lowest BCUT2D eigenvalue weighted by Gasteiger charge is -1.68. The maximum absolute atomic E-state index is 8.67. The molecule has 0 fully saturated rings. The second kappa shape index (κ2) is 10.1. The van der Waals surface area contributed by atoms with E-state index in [4.69, 9.17) is 13.3 Å². The minimum atomic E-state index is -2.61. The average Bonchev–Trinajstić information content (AvgIpc) is 1.65. The molecule has 0 radical (unpaired) electrons. The summed E-state index contributed by atoms with van der Waals surface area (Å²) >= 11 is -2.61. The van der Waals surface area contributed by atoms with E-state index in [0.717, 1.165) is 0 Å². The first-order valence-corrected chi connectivity index (χ1v) is 3.51. The van der Waals surface area contributed by atoms with Crippen molar-refractivity contribution < 1.29 is 13.3 Å². The van der Waals surface area contributed by atoms with Crippen molar-refractivity contribution in [3.05, 3.63) is 0 Å². The highest BCUT2D eigenvalue weighted by atomic mass is 32.2. The summed E-state index contributed by atoms with van der Waals surface area (Å²) in [7, 11) is 0. The Morgan fingerprint density at radius 3 is 1.38 bits per heavy atom. The predicted octanol–water partition coefficient (Wildman–Crippen LogP) is 1.49. The third-order valence-electron chi connectivity index (χ3n) is 0.500. The van der Waals surface area contributed by atoms with Crippen molar-refractivity contribution >= 4 is 11.4 Å². The summed E-state index contributed by atoms with van der Waals surface area (Å²) in [5.74, 6) is 0. The van der Waals surface area contributed by atoms with Crippen LogP contribution in [0.4, 0.5) is 0 Å². The lowest BCUT2D eigenvalue weighted by molar-refractivity contribution is 0.454. The second-order valence-electron chi connectivity index (χ2n) is 1.23. The zero-order valence-electron chi connectivity index (χ0n) is 5.13. The Morgan fingerprint density at radius 1 is 1.25 bits per heavy atom. The van der Waals surface area contributed by atoms with Crippen molar-refractivity contribution in [1.82, 2.24) is 0 Å². The molecule has 8 heavy (non-hydrogen) atoms. The summed E-state index contributed by atoms with van der Waals surface area (Å²) in [4.78, 5) is 0. The van der Waals surface area contributed by atoms with Crippen LogP contribution in [-0.2, 0) is 11.4 Å². The van der Waals surface area contributed by atoms with Gasteiger partial charge in [-0.05, 0) is 0 Å². The summed E-state index contributed by atoms with van der Waals surface area (Å²) in [6, 6.07) is 0. The molecule has 0 aliphatic carbocycles. The van der Waals surface area contributed by atoms with Crippen LogP contribution < -0.4 is 0 Å². The van der Waals surface area contributed by atoms with Crippen LogP contribution in [0, 0.1) is 0 Å². The van der Waals surface area contributed by atoms with Gasteiger partial charge < -0.3 is 0 Å². The summed E-state index contributed by atoms with van der Waals surface area (Å²) in [6.45, 7) is 4.36. The van der Waals surface area contributed by atoms with Crippen molar-refractivity contribution in [2.24, 2.45) is 0 Å². The highest BCUT2D eigenvalue weighted by Gasteiger charge is 1.62. The number of rotatable bonds is 1. The Balaban J connectivity index is 0. The Labute approximate surface area is 52.2 Å². The lowest BCUT2D eigenvalue weighted by atomic mass is 10.4. The first kappa shape index (κ1) is 10.9. The van der Waals surface area contributed by atoms with E-state index in [0.29, 0.717) is 0 Å². The van der Waals surface area contributed by atoms with Crippen LogP contribution in [0.3, 0.4) is 0 Å². The van der Waals surface area contributed by atoms with Crippen LogP contribution >= 0.6 is 0 Å². The zero-order chi connectivity index (χ0) is 6.99. The quantitative estimate of drug-likeness (QED) is 0.542. The Bertz CT molecular complexity index is 49.2. The molecular weight excluding hydrogens is 128 g/mol. The molecule has 4 heteroatoms. The molecule has 0 saturated heterocycles. The van der Waals surface area contributed by atoms with Crippen molar-refractivity contribution in [3.8, 4) is 0 Å². The fourth-order valence-corrected chi connectivity index (χ4v) is 0. The topological polar surface area (TPSA) is 57.5 Å². The fraction of sp³-hybridized carbons (Fsp3) is 1.00. The molecule has 0 bridgehead atoms. The van der Waals surface area contributed by atoms with Crippen LogP contribution in [0.15, 0.2) is 0 Å². The Kier molecular flexibility index (Phi) is 13.9. The first-order valence-electron chi connectivity index (χ1n) is 2.45. The molecule has 2 N–H and O–H groups in total. The van der Waals surface area contributed by atoms with Crippen LogP contribution in [-0.4, -0.2) is 13.3 Å². The van der Waals surface area contributed by atoms with E-state index in [1.165, 1.54) is 12.8 Å². The van der Waals surface area contributed by atoms with Gasteiger partial charge >= 0.3 is 0 Å². The van der Waals surface area contributed by atoms with Gasteiger partial charge in [0.15, 0.2) is 0 Å². The van der Waals surface area contributed by atoms with Crippen molar-refractivity contribution in [2.75, 3.05) is 0 Å². The van der Waals surface area contributed by atoms with Crippen LogP contribution in [0.1, 0.15) is 26.7 Å². The number of unbranched alkanes of at least 4 members (excludes halogenated alkanes) is 1. The monoisotopic (exact) mass is 140 g/mol. The largest absolute Gasteiger partial charge is 0.299 e. The van der Waals surface area contributed by atoms with Gasteiger partial charge in [-0.15, -0.1) is 0 Å². The van der Waals surface area contributed by atoms with E-state index in [-0.39, 0.29) is 0 Å². The van der Waals surface area contributed by atoms with Gasteiger partial charge in [-0.3, -0.25) is 9.11 Å². The molecule has 52 valence electrons. The second-order valence-corrected chi connectivity index (χ2v) is 1.69. The highest BCUT2D eigenvalue weighted by molar-refractivity contribution is 7.73. The summed E-state index contributed by atoms with van der Waals surface area (Å²) in [5.41, 5.74) is 0. The maximum Gasteiger partial charge on any atom is 0.299 e. The average molecular weight is 140 g/mol. The van der Waals surface area contributed by atoms with Gasteiger partial charge in [0.25, 0.3) is 11.4 Å². The highest BCUT2D eigenvalue weighted by Crippen LogP contribution is 1.76. The van der Waals surface area contributed by atoms with E-state index in [2.05, 4.69) is 13.8 Å². The van der Waals surface area contributed by atoms with Gasteiger partial charge in [0, 0.05) is 0 Å². The normalized spacial score (nSPS) is 8.12. The first-order chi connectivity index (χ1) is 3.65.